The Morgan fingerprint density at radius 3 is 2.68 bits per heavy atom. The fourth-order valence-corrected chi connectivity index (χ4v) is 1.84. The highest BCUT2D eigenvalue weighted by atomic mass is 15.3. The van der Waals surface area contributed by atoms with Crippen LogP contribution in [0.1, 0.15) is 24.0 Å². The molecule has 0 aliphatic rings. The van der Waals surface area contributed by atoms with Gasteiger partial charge in [0.05, 0.1) is 0 Å². The maximum Gasteiger partial charge on any atom is 0.239 e. The van der Waals surface area contributed by atoms with Crippen LogP contribution in [-0.2, 0) is 0 Å². The molecule has 0 spiro atoms. The maximum atomic E-state index is 5.31. The first kappa shape index (κ1) is 13.3. The van der Waals surface area contributed by atoms with E-state index in [9.17, 15) is 0 Å². The average Bonchev–Trinajstić information content (AvgIpc) is 2.47. The average molecular weight is 257 g/mol. The van der Waals surface area contributed by atoms with E-state index in [-0.39, 0.29) is 0 Å². The SMILES string of the molecule is Cc1cnc(NN)nc1NCC(C)c1ccccc1. The molecule has 0 saturated heterocycles. The molecule has 0 radical (unpaired) electrons. The van der Waals surface area contributed by atoms with E-state index < -0.39 is 0 Å². The maximum absolute atomic E-state index is 5.31. The second kappa shape index (κ2) is 6.15. The highest BCUT2D eigenvalue weighted by Crippen LogP contribution is 2.17. The normalized spacial score (nSPS) is 11.9. The van der Waals surface area contributed by atoms with Gasteiger partial charge in [-0.25, -0.2) is 10.8 Å². The van der Waals surface area contributed by atoms with Crippen LogP contribution in [0.3, 0.4) is 0 Å². The number of benzene rings is 1. The molecule has 0 amide bonds. The third-order valence-corrected chi connectivity index (χ3v) is 3.05. The number of aromatic nitrogens is 2. The number of hydrogen-bond donors (Lipinski definition) is 3. The van der Waals surface area contributed by atoms with Crippen molar-refractivity contribution in [2.24, 2.45) is 5.84 Å². The van der Waals surface area contributed by atoms with Crippen molar-refractivity contribution in [1.82, 2.24) is 9.97 Å². The predicted octanol–water partition coefficient (Wildman–Crippen LogP) is 2.29. The lowest BCUT2D eigenvalue weighted by molar-refractivity contribution is 0.800. The van der Waals surface area contributed by atoms with E-state index >= 15 is 0 Å². The standard InChI is InChI=1S/C14H19N5/c1-10(12-6-4-3-5-7-12)8-16-13-11(2)9-17-14(18-13)19-15/h3-7,9-10H,8,15H2,1-2H3,(H2,16,17,18,19). The van der Waals surface area contributed by atoms with Gasteiger partial charge in [-0.1, -0.05) is 37.3 Å². The molecule has 1 aromatic heterocycles. The number of rotatable bonds is 5. The van der Waals surface area contributed by atoms with Crippen LogP contribution in [0.2, 0.25) is 0 Å². The summed E-state index contributed by atoms with van der Waals surface area (Å²) in [6.07, 6.45) is 1.75. The van der Waals surface area contributed by atoms with Gasteiger partial charge >= 0.3 is 0 Å². The number of nitrogens with one attached hydrogen (secondary N) is 2. The zero-order chi connectivity index (χ0) is 13.7. The molecule has 100 valence electrons. The van der Waals surface area contributed by atoms with Gasteiger partial charge in [0.25, 0.3) is 0 Å². The Bertz CT molecular complexity index is 527. The lowest BCUT2D eigenvalue weighted by Crippen LogP contribution is -2.15. The van der Waals surface area contributed by atoms with E-state index in [1.807, 2.05) is 13.0 Å². The molecule has 2 aromatic rings. The molecule has 0 saturated carbocycles. The van der Waals surface area contributed by atoms with Crippen molar-refractivity contribution in [2.75, 3.05) is 17.3 Å². The number of nitrogen functional groups attached to an aromatic ring is 1. The van der Waals surface area contributed by atoms with Crippen molar-refractivity contribution in [3.63, 3.8) is 0 Å². The minimum absolute atomic E-state index is 0.407. The number of hydrogen-bond acceptors (Lipinski definition) is 5. The van der Waals surface area contributed by atoms with Crippen LogP contribution in [0, 0.1) is 6.92 Å². The molecule has 19 heavy (non-hydrogen) atoms. The Labute approximate surface area is 113 Å². The minimum Gasteiger partial charge on any atom is -0.369 e. The third-order valence-electron chi connectivity index (χ3n) is 3.05. The van der Waals surface area contributed by atoms with Crippen LogP contribution in [0.15, 0.2) is 36.5 Å². The molecule has 0 fully saturated rings. The highest BCUT2D eigenvalue weighted by Gasteiger charge is 2.07. The zero-order valence-corrected chi connectivity index (χ0v) is 11.2. The van der Waals surface area contributed by atoms with Crippen molar-refractivity contribution >= 4 is 11.8 Å². The van der Waals surface area contributed by atoms with Gasteiger partial charge in [-0.05, 0) is 18.4 Å². The fourth-order valence-electron chi connectivity index (χ4n) is 1.84. The molecular formula is C14H19N5. The van der Waals surface area contributed by atoms with Crippen molar-refractivity contribution in [2.45, 2.75) is 19.8 Å². The van der Waals surface area contributed by atoms with Crippen LogP contribution < -0.4 is 16.6 Å². The topological polar surface area (TPSA) is 75.9 Å². The molecule has 5 nitrogen and oxygen atoms in total. The van der Waals surface area contributed by atoms with Gasteiger partial charge < -0.3 is 5.32 Å². The summed E-state index contributed by atoms with van der Waals surface area (Å²) >= 11 is 0. The molecule has 0 aliphatic carbocycles. The Hall–Kier alpha value is -2.14. The van der Waals surface area contributed by atoms with Gasteiger partial charge in [-0.2, -0.15) is 4.98 Å². The second-order valence-corrected chi connectivity index (χ2v) is 4.56. The van der Waals surface area contributed by atoms with Gasteiger partial charge in [0.15, 0.2) is 0 Å². The minimum atomic E-state index is 0.407. The van der Waals surface area contributed by atoms with Gasteiger partial charge in [0, 0.05) is 18.3 Å². The predicted molar refractivity (Wildman–Crippen MR) is 77.9 cm³/mol. The van der Waals surface area contributed by atoms with E-state index in [0.717, 1.165) is 17.9 Å². The van der Waals surface area contributed by atoms with E-state index in [1.54, 1.807) is 6.20 Å². The first-order chi connectivity index (χ1) is 9.20. The molecule has 4 N–H and O–H groups in total. The van der Waals surface area contributed by atoms with Crippen LogP contribution >= 0.6 is 0 Å². The lowest BCUT2D eigenvalue weighted by atomic mass is 10.0. The lowest BCUT2D eigenvalue weighted by Gasteiger charge is -2.15. The summed E-state index contributed by atoms with van der Waals surface area (Å²) in [6.45, 7) is 4.96. The van der Waals surface area contributed by atoms with Gasteiger partial charge in [-0.3, -0.25) is 5.43 Å². The summed E-state index contributed by atoms with van der Waals surface area (Å²) in [5.41, 5.74) is 4.76. The zero-order valence-electron chi connectivity index (χ0n) is 11.2. The summed E-state index contributed by atoms with van der Waals surface area (Å²) in [5.74, 6) is 6.95. The first-order valence-electron chi connectivity index (χ1n) is 6.29. The smallest absolute Gasteiger partial charge is 0.239 e. The van der Waals surface area contributed by atoms with E-state index in [2.05, 4.69) is 51.9 Å². The summed E-state index contributed by atoms with van der Waals surface area (Å²) in [7, 11) is 0. The third kappa shape index (κ3) is 3.42. The Morgan fingerprint density at radius 2 is 2.00 bits per heavy atom. The quantitative estimate of drug-likeness (QED) is 0.566. The van der Waals surface area contributed by atoms with Crippen LogP contribution in [0.4, 0.5) is 11.8 Å². The van der Waals surface area contributed by atoms with Gasteiger partial charge in [-0.15, -0.1) is 0 Å². The van der Waals surface area contributed by atoms with E-state index in [4.69, 9.17) is 5.84 Å². The molecule has 2 rings (SSSR count). The summed E-state index contributed by atoms with van der Waals surface area (Å²) < 4.78 is 0. The van der Waals surface area contributed by atoms with Crippen molar-refractivity contribution < 1.29 is 0 Å². The summed E-state index contributed by atoms with van der Waals surface area (Å²) in [6, 6.07) is 10.4. The van der Waals surface area contributed by atoms with E-state index in [1.165, 1.54) is 5.56 Å². The summed E-state index contributed by atoms with van der Waals surface area (Å²) in [4.78, 5) is 8.35. The number of nitrogens with two attached hydrogens (primary N) is 1. The number of hydrazine groups is 1. The molecule has 1 aromatic carbocycles. The Kier molecular flexibility index (Phi) is 4.30. The second-order valence-electron chi connectivity index (χ2n) is 4.56. The molecule has 1 heterocycles. The van der Waals surface area contributed by atoms with Crippen LogP contribution in [-0.4, -0.2) is 16.5 Å². The first-order valence-corrected chi connectivity index (χ1v) is 6.29. The van der Waals surface area contributed by atoms with Gasteiger partial charge in [0.1, 0.15) is 5.82 Å². The molecular weight excluding hydrogens is 238 g/mol. The Balaban J connectivity index is 2.02. The van der Waals surface area contributed by atoms with Crippen LogP contribution in [0.5, 0.6) is 0 Å². The summed E-state index contributed by atoms with van der Waals surface area (Å²) in [5, 5.41) is 3.34. The molecule has 1 unspecified atom stereocenters. The highest BCUT2D eigenvalue weighted by molar-refractivity contribution is 5.46. The molecule has 1 atom stereocenters. The molecule has 0 aliphatic heterocycles. The monoisotopic (exact) mass is 257 g/mol. The number of aryl methyl sites for hydroxylation is 1. The van der Waals surface area contributed by atoms with Crippen molar-refractivity contribution in [3.8, 4) is 0 Å². The molecule has 5 heteroatoms. The molecule has 0 bridgehead atoms. The van der Waals surface area contributed by atoms with Gasteiger partial charge in [0.2, 0.25) is 5.95 Å². The fraction of sp³-hybridized carbons (Fsp3) is 0.286. The van der Waals surface area contributed by atoms with Crippen LogP contribution in [0.25, 0.3) is 0 Å². The van der Waals surface area contributed by atoms with Crippen molar-refractivity contribution in [3.05, 3.63) is 47.7 Å². The van der Waals surface area contributed by atoms with Crippen molar-refractivity contribution in [1.29, 1.82) is 0 Å². The number of anilines is 2. The number of nitrogens with zero attached hydrogens (tertiary/aromatic N) is 2. The Morgan fingerprint density at radius 1 is 1.26 bits per heavy atom. The largest absolute Gasteiger partial charge is 0.369 e. The van der Waals surface area contributed by atoms with E-state index in [0.29, 0.717) is 11.9 Å².